The lowest BCUT2D eigenvalue weighted by Gasteiger charge is -2.07. The molecule has 0 spiro atoms. The molecule has 1 amide bonds. The van der Waals surface area contributed by atoms with E-state index in [4.69, 9.17) is 9.26 Å². The third-order valence-corrected chi connectivity index (χ3v) is 3.24. The number of aromatic nitrogens is 5. The summed E-state index contributed by atoms with van der Waals surface area (Å²) in [6.07, 6.45) is 2.43. The minimum absolute atomic E-state index is 0.0577. The molecule has 0 bridgehead atoms. The maximum atomic E-state index is 12.0. The fourth-order valence-corrected chi connectivity index (χ4v) is 2.15. The van der Waals surface area contributed by atoms with Gasteiger partial charge in [-0.05, 0) is 35.4 Å². The van der Waals surface area contributed by atoms with Gasteiger partial charge in [-0.2, -0.15) is 5.21 Å². The average Bonchev–Trinajstić information content (AvgIpc) is 3.26. The van der Waals surface area contributed by atoms with Gasteiger partial charge in [0.1, 0.15) is 5.75 Å². The van der Waals surface area contributed by atoms with E-state index >= 15 is 0 Å². The number of tetrazole rings is 1. The number of hydrogen-bond acceptors (Lipinski definition) is 7. The van der Waals surface area contributed by atoms with Crippen molar-refractivity contribution in [3.8, 4) is 17.1 Å². The molecule has 9 nitrogen and oxygen atoms in total. The predicted octanol–water partition coefficient (Wildman–Crippen LogP) is 1.84. The lowest BCUT2D eigenvalue weighted by Crippen LogP contribution is -2.13. The maximum absolute atomic E-state index is 12.0. The SMILES string of the molecule is C=CCc1cc(-c2cc(C(=O)Nc3nn[nH]n3)no2)ccc1OC. The minimum Gasteiger partial charge on any atom is -0.496 e. The number of anilines is 1. The quantitative estimate of drug-likeness (QED) is 0.663. The molecule has 0 saturated carbocycles. The van der Waals surface area contributed by atoms with Crippen LogP contribution in [0.1, 0.15) is 16.1 Å². The molecule has 3 rings (SSSR count). The van der Waals surface area contributed by atoms with E-state index in [9.17, 15) is 4.79 Å². The van der Waals surface area contributed by atoms with Crippen LogP contribution in [0, 0.1) is 0 Å². The fraction of sp³-hybridized carbons (Fsp3) is 0.133. The molecule has 0 aliphatic rings. The van der Waals surface area contributed by atoms with E-state index in [0.29, 0.717) is 12.2 Å². The van der Waals surface area contributed by atoms with Gasteiger partial charge in [0.2, 0.25) is 0 Å². The van der Waals surface area contributed by atoms with E-state index in [-0.39, 0.29) is 11.6 Å². The lowest BCUT2D eigenvalue weighted by atomic mass is 10.0. The van der Waals surface area contributed by atoms with Gasteiger partial charge >= 0.3 is 0 Å². The topological polar surface area (TPSA) is 119 Å². The number of methoxy groups -OCH3 is 1. The van der Waals surface area contributed by atoms with E-state index < -0.39 is 5.91 Å². The number of allylic oxidation sites excluding steroid dienone is 1. The highest BCUT2D eigenvalue weighted by atomic mass is 16.5. The molecule has 0 fully saturated rings. The van der Waals surface area contributed by atoms with Gasteiger partial charge in [0, 0.05) is 11.6 Å². The molecule has 0 atom stereocenters. The Morgan fingerprint density at radius 1 is 1.46 bits per heavy atom. The lowest BCUT2D eigenvalue weighted by molar-refractivity contribution is 0.101. The second kappa shape index (κ2) is 6.73. The molecule has 9 heteroatoms. The van der Waals surface area contributed by atoms with Crippen LogP contribution in [-0.4, -0.2) is 38.8 Å². The van der Waals surface area contributed by atoms with E-state index in [1.54, 1.807) is 13.2 Å². The summed E-state index contributed by atoms with van der Waals surface area (Å²) in [6, 6.07) is 7.10. The summed E-state index contributed by atoms with van der Waals surface area (Å²) in [5.41, 5.74) is 1.84. The van der Waals surface area contributed by atoms with Crippen LogP contribution in [0.2, 0.25) is 0 Å². The largest absolute Gasteiger partial charge is 0.496 e. The number of H-pyrrole nitrogens is 1. The third-order valence-electron chi connectivity index (χ3n) is 3.24. The van der Waals surface area contributed by atoms with Gasteiger partial charge in [-0.15, -0.1) is 11.7 Å². The van der Waals surface area contributed by atoms with Crippen LogP contribution in [-0.2, 0) is 6.42 Å². The predicted molar refractivity (Wildman–Crippen MR) is 84.5 cm³/mol. The molecular weight excluding hydrogens is 312 g/mol. The number of amides is 1. The van der Waals surface area contributed by atoms with Crippen LogP contribution in [0.5, 0.6) is 5.75 Å². The van der Waals surface area contributed by atoms with Gasteiger partial charge in [0.15, 0.2) is 11.5 Å². The van der Waals surface area contributed by atoms with Crippen molar-refractivity contribution in [2.45, 2.75) is 6.42 Å². The monoisotopic (exact) mass is 326 g/mol. The second-order valence-electron chi connectivity index (χ2n) is 4.79. The third kappa shape index (κ3) is 3.14. The highest BCUT2D eigenvalue weighted by Gasteiger charge is 2.16. The molecule has 3 aromatic rings. The average molecular weight is 326 g/mol. The van der Waals surface area contributed by atoms with Crippen molar-refractivity contribution < 1.29 is 14.1 Å². The molecule has 1 aromatic carbocycles. The number of aromatic amines is 1. The summed E-state index contributed by atoms with van der Waals surface area (Å²) in [5.74, 6) is 0.781. The molecule has 0 radical (unpaired) electrons. The Labute approximate surface area is 136 Å². The first-order chi connectivity index (χ1) is 11.7. The molecule has 2 N–H and O–H groups in total. The van der Waals surface area contributed by atoms with E-state index in [2.05, 4.69) is 37.7 Å². The minimum atomic E-state index is -0.494. The Bertz CT molecular complexity index is 856. The zero-order valence-electron chi connectivity index (χ0n) is 12.8. The number of nitrogens with zero attached hydrogens (tertiary/aromatic N) is 4. The Morgan fingerprint density at radius 2 is 2.33 bits per heavy atom. The summed E-state index contributed by atoms with van der Waals surface area (Å²) in [4.78, 5) is 12.0. The fourth-order valence-electron chi connectivity index (χ4n) is 2.15. The van der Waals surface area contributed by atoms with Gasteiger partial charge in [0.05, 0.1) is 7.11 Å². The molecule has 0 aliphatic heterocycles. The summed E-state index contributed by atoms with van der Waals surface area (Å²) < 4.78 is 10.6. The maximum Gasteiger partial charge on any atom is 0.280 e. The smallest absolute Gasteiger partial charge is 0.280 e. The highest BCUT2D eigenvalue weighted by molar-refractivity contribution is 6.02. The Balaban J connectivity index is 1.83. The van der Waals surface area contributed by atoms with Crippen molar-refractivity contribution in [3.63, 3.8) is 0 Å². The van der Waals surface area contributed by atoms with Gasteiger partial charge in [-0.1, -0.05) is 16.3 Å². The Kier molecular flexibility index (Phi) is 4.32. The van der Waals surface area contributed by atoms with Crippen LogP contribution >= 0.6 is 0 Å². The molecule has 2 heterocycles. The molecule has 122 valence electrons. The summed E-state index contributed by atoms with van der Waals surface area (Å²) in [6.45, 7) is 3.73. The molecule has 0 saturated heterocycles. The van der Waals surface area contributed by atoms with Crippen molar-refractivity contribution in [3.05, 3.63) is 48.2 Å². The number of rotatable bonds is 6. The van der Waals surface area contributed by atoms with Crippen molar-refractivity contribution in [1.82, 2.24) is 25.8 Å². The molecule has 24 heavy (non-hydrogen) atoms. The molecule has 0 aliphatic carbocycles. The Hall–Kier alpha value is -3.49. The van der Waals surface area contributed by atoms with Crippen LogP contribution in [0.15, 0.2) is 41.4 Å². The Morgan fingerprint density at radius 3 is 3.04 bits per heavy atom. The first-order valence-electron chi connectivity index (χ1n) is 7.01. The first kappa shape index (κ1) is 15.4. The van der Waals surface area contributed by atoms with Crippen molar-refractivity contribution >= 4 is 11.9 Å². The molecular formula is C15H14N6O3. The van der Waals surface area contributed by atoms with Crippen LogP contribution in [0.3, 0.4) is 0 Å². The van der Waals surface area contributed by atoms with E-state index in [1.807, 2.05) is 18.2 Å². The molecule has 0 unspecified atom stereocenters. The summed E-state index contributed by atoms with van der Waals surface area (Å²) in [7, 11) is 1.61. The van der Waals surface area contributed by atoms with Crippen molar-refractivity contribution in [2.24, 2.45) is 0 Å². The van der Waals surface area contributed by atoms with Crippen LogP contribution in [0.25, 0.3) is 11.3 Å². The van der Waals surface area contributed by atoms with Crippen LogP contribution in [0.4, 0.5) is 5.95 Å². The van der Waals surface area contributed by atoms with Gasteiger partial charge in [-0.3, -0.25) is 10.1 Å². The van der Waals surface area contributed by atoms with E-state index in [0.717, 1.165) is 16.9 Å². The van der Waals surface area contributed by atoms with Gasteiger partial charge < -0.3 is 9.26 Å². The first-order valence-corrected chi connectivity index (χ1v) is 7.01. The number of carbonyl (C=O) groups excluding carboxylic acids is 1. The van der Waals surface area contributed by atoms with Crippen LogP contribution < -0.4 is 10.1 Å². The summed E-state index contributed by atoms with van der Waals surface area (Å²) in [5, 5.41) is 19.1. The number of carbonyl (C=O) groups is 1. The zero-order valence-corrected chi connectivity index (χ0v) is 12.8. The normalized spacial score (nSPS) is 10.4. The molecule has 2 aromatic heterocycles. The van der Waals surface area contributed by atoms with Gasteiger partial charge in [-0.25, -0.2) is 0 Å². The van der Waals surface area contributed by atoms with Crippen molar-refractivity contribution in [1.29, 1.82) is 0 Å². The number of nitrogens with one attached hydrogen (secondary N) is 2. The summed E-state index contributed by atoms with van der Waals surface area (Å²) >= 11 is 0. The number of ether oxygens (including phenoxy) is 1. The van der Waals surface area contributed by atoms with E-state index in [1.165, 1.54) is 6.07 Å². The van der Waals surface area contributed by atoms with Crippen molar-refractivity contribution in [2.75, 3.05) is 12.4 Å². The highest BCUT2D eigenvalue weighted by Crippen LogP contribution is 2.27. The zero-order chi connectivity index (χ0) is 16.9. The standard InChI is InChI=1S/C15H14N6O3/c1-3-4-9-7-10(5-6-12(9)23-2)13-8-11(19-24-13)14(22)16-15-17-20-21-18-15/h3,5-8H,1,4H2,2H3,(H2,16,17,18,20,21,22). The number of benzene rings is 1. The second-order valence-corrected chi connectivity index (χ2v) is 4.79. The van der Waals surface area contributed by atoms with Gasteiger partial charge in [0.25, 0.3) is 11.9 Å². The number of hydrogen-bond donors (Lipinski definition) is 2.